The Morgan fingerprint density at radius 2 is 1.93 bits per heavy atom. The highest BCUT2D eigenvalue weighted by molar-refractivity contribution is 7.15. The quantitative estimate of drug-likeness (QED) is 0.502. The Morgan fingerprint density at radius 3 is 2.69 bits per heavy atom. The second-order valence-corrected chi connectivity index (χ2v) is 7.42. The van der Waals surface area contributed by atoms with Crippen molar-refractivity contribution in [1.82, 2.24) is 9.38 Å². The molecule has 2 aromatic carbocycles. The number of hydrogen-bond acceptors (Lipinski definition) is 5. The van der Waals surface area contributed by atoms with E-state index in [9.17, 15) is 9.59 Å². The lowest BCUT2D eigenvalue weighted by Crippen LogP contribution is -2.18. The first-order valence-electron chi connectivity index (χ1n) is 9.05. The zero-order chi connectivity index (χ0) is 20.4. The molecule has 0 bridgehead atoms. The Labute approximate surface area is 171 Å². The van der Waals surface area contributed by atoms with Crippen molar-refractivity contribution in [2.24, 2.45) is 0 Å². The average Bonchev–Trinajstić information content (AvgIpc) is 3.31. The summed E-state index contributed by atoms with van der Waals surface area (Å²) in [5, 5.41) is 4.79. The third-order valence-electron chi connectivity index (χ3n) is 4.64. The molecular formula is C22H19N3O3S. The normalized spacial score (nSPS) is 10.8. The maximum absolute atomic E-state index is 12.7. The fraction of sp³-hybridized carbons (Fsp3) is 0.136. The lowest BCUT2D eigenvalue weighted by Gasteiger charge is -2.12. The molecule has 0 saturated heterocycles. The summed E-state index contributed by atoms with van der Waals surface area (Å²) >= 11 is 1.49. The summed E-state index contributed by atoms with van der Waals surface area (Å²) in [4.78, 5) is 30.2. The maximum Gasteiger partial charge on any atom is 0.339 e. The van der Waals surface area contributed by atoms with Crippen molar-refractivity contribution in [3.8, 4) is 11.3 Å². The van der Waals surface area contributed by atoms with Crippen LogP contribution in [0.15, 0.2) is 60.1 Å². The average molecular weight is 405 g/mol. The first-order chi connectivity index (χ1) is 14.1. The van der Waals surface area contributed by atoms with Gasteiger partial charge in [0.1, 0.15) is 0 Å². The summed E-state index contributed by atoms with van der Waals surface area (Å²) in [7, 11) is 1.32. The van der Waals surface area contributed by atoms with Gasteiger partial charge in [-0.05, 0) is 18.6 Å². The van der Waals surface area contributed by atoms with Gasteiger partial charge in [-0.25, -0.2) is 9.78 Å². The number of aromatic nitrogens is 2. The van der Waals surface area contributed by atoms with Gasteiger partial charge in [-0.3, -0.25) is 9.20 Å². The number of nitrogens with zero attached hydrogens (tertiary/aromatic N) is 2. The number of aryl methyl sites for hydroxylation is 1. The molecule has 4 aromatic rings. The lowest BCUT2D eigenvalue weighted by molar-refractivity contribution is -0.115. The Hall–Kier alpha value is -3.45. The third kappa shape index (κ3) is 3.77. The smallest absolute Gasteiger partial charge is 0.339 e. The van der Waals surface area contributed by atoms with E-state index >= 15 is 0 Å². The predicted molar refractivity (Wildman–Crippen MR) is 113 cm³/mol. The van der Waals surface area contributed by atoms with E-state index in [1.807, 2.05) is 59.3 Å². The van der Waals surface area contributed by atoms with Gasteiger partial charge in [0.2, 0.25) is 5.91 Å². The van der Waals surface area contributed by atoms with E-state index in [0.717, 1.165) is 27.5 Å². The highest BCUT2D eigenvalue weighted by Gasteiger charge is 2.17. The van der Waals surface area contributed by atoms with E-state index in [0.29, 0.717) is 11.3 Å². The van der Waals surface area contributed by atoms with Gasteiger partial charge in [0.15, 0.2) is 4.96 Å². The van der Waals surface area contributed by atoms with Crippen LogP contribution in [0, 0.1) is 6.92 Å². The molecule has 0 spiro atoms. The molecule has 0 radical (unpaired) electrons. The minimum Gasteiger partial charge on any atom is -0.465 e. The van der Waals surface area contributed by atoms with Crippen LogP contribution >= 0.6 is 11.3 Å². The fourth-order valence-electron chi connectivity index (χ4n) is 3.17. The van der Waals surface area contributed by atoms with Crippen LogP contribution in [-0.4, -0.2) is 28.4 Å². The maximum atomic E-state index is 12.7. The molecule has 0 aliphatic rings. The molecule has 1 N–H and O–H groups in total. The standard InChI is InChI=1S/C22H19N3O3S/c1-14-7-6-10-17(21(27)28-2)20(14)24-19(26)11-16-13-29-22-23-18(12-25(16)22)15-8-4-3-5-9-15/h3-10,12-13H,11H2,1-2H3,(H,24,26). The zero-order valence-corrected chi connectivity index (χ0v) is 16.8. The van der Waals surface area contributed by atoms with Gasteiger partial charge in [0, 0.05) is 22.8 Å². The van der Waals surface area contributed by atoms with Crippen LogP contribution in [0.4, 0.5) is 5.69 Å². The summed E-state index contributed by atoms with van der Waals surface area (Å²) in [5.74, 6) is -0.692. The Kier molecular flexibility index (Phi) is 5.14. The Bertz CT molecular complexity index is 1190. The Morgan fingerprint density at radius 1 is 1.14 bits per heavy atom. The minimum absolute atomic E-state index is 0.166. The molecule has 7 heteroatoms. The van der Waals surface area contributed by atoms with Crippen molar-refractivity contribution in [2.45, 2.75) is 13.3 Å². The molecular weight excluding hydrogens is 386 g/mol. The number of methoxy groups -OCH3 is 1. The van der Waals surface area contributed by atoms with E-state index in [2.05, 4.69) is 10.3 Å². The number of rotatable bonds is 5. The number of esters is 1. The van der Waals surface area contributed by atoms with Gasteiger partial charge in [0.05, 0.1) is 30.5 Å². The van der Waals surface area contributed by atoms with E-state index in [1.165, 1.54) is 18.4 Å². The van der Waals surface area contributed by atoms with Crippen LogP contribution in [0.3, 0.4) is 0 Å². The first-order valence-corrected chi connectivity index (χ1v) is 9.93. The summed E-state index contributed by atoms with van der Waals surface area (Å²) < 4.78 is 6.76. The minimum atomic E-state index is -0.482. The van der Waals surface area contributed by atoms with Gasteiger partial charge in [-0.2, -0.15) is 0 Å². The van der Waals surface area contributed by atoms with Gasteiger partial charge in [-0.1, -0.05) is 42.5 Å². The van der Waals surface area contributed by atoms with E-state index in [4.69, 9.17) is 4.74 Å². The number of thiazole rings is 1. The van der Waals surface area contributed by atoms with Crippen LogP contribution in [-0.2, 0) is 16.0 Å². The summed E-state index contributed by atoms with van der Waals surface area (Å²) in [6, 6.07) is 15.2. The van der Waals surface area contributed by atoms with E-state index < -0.39 is 5.97 Å². The molecule has 0 saturated carbocycles. The first kappa shape index (κ1) is 18.9. The van der Waals surface area contributed by atoms with Crippen LogP contribution in [0.25, 0.3) is 16.2 Å². The molecule has 0 unspecified atom stereocenters. The highest BCUT2D eigenvalue weighted by Crippen LogP contribution is 2.25. The van der Waals surface area contributed by atoms with Crippen molar-refractivity contribution in [1.29, 1.82) is 0 Å². The monoisotopic (exact) mass is 405 g/mol. The fourth-order valence-corrected chi connectivity index (χ4v) is 4.04. The molecule has 4 rings (SSSR count). The van der Waals surface area contributed by atoms with Crippen LogP contribution in [0.2, 0.25) is 0 Å². The molecule has 0 aliphatic carbocycles. The number of para-hydroxylation sites is 1. The van der Waals surface area contributed by atoms with E-state index in [1.54, 1.807) is 12.1 Å². The number of hydrogen-bond donors (Lipinski definition) is 1. The number of imidazole rings is 1. The topological polar surface area (TPSA) is 72.7 Å². The second-order valence-electron chi connectivity index (χ2n) is 6.59. The van der Waals surface area contributed by atoms with Gasteiger partial charge < -0.3 is 10.1 Å². The molecule has 2 heterocycles. The summed E-state index contributed by atoms with van der Waals surface area (Å²) in [6.45, 7) is 1.84. The van der Waals surface area contributed by atoms with Crippen molar-refractivity contribution in [3.05, 3.63) is 76.9 Å². The highest BCUT2D eigenvalue weighted by atomic mass is 32.1. The number of nitrogens with one attached hydrogen (secondary N) is 1. The predicted octanol–water partition coefficient (Wildman–Crippen LogP) is 4.34. The summed E-state index contributed by atoms with van der Waals surface area (Å²) in [6.07, 6.45) is 2.11. The van der Waals surface area contributed by atoms with Gasteiger partial charge in [0.25, 0.3) is 0 Å². The van der Waals surface area contributed by atoms with Crippen molar-refractivity contribution < 1.29 is 14.3 Å². The lowest BCUT2D eigenvalue weighted by atomic mass is 10.1. The Balaban J connectivity index is 1.58. The number of anilines is 1. The van der Waals surface area contributed by atoms with Crippen LogP contribution in [0.1, 0.15) is 21.6 Å². The molecule has 29 heavy (non-hydrogen) atoms. The number of benzene rings is 2. The molecule has 0 atom stereocenters. The number of amides is 1. The largest absolute Gasteiger partial charge is 0.465 e. The molecule has 0 aliphatic heterocycles. The second kappa shape index (κ2) is 7.89. The molecule has 0 fully saturated rings. The molecule has 146 valence electrons. The van der Waals surface area contributed by atoms with Crippen molar-refractivity contribution in [3.63, 3.8) is 0 Å². The van der Waals surface area contributed by atoms with Crippen molar-refractivity contribution in [2.75, 3.05) is 12.4 Å². The van der Waals surface area contributed by atoms with Gasteiger partial charge in [-0.15, -0.1) is 11.3 Å². The number of carbonyl (C=O) groups excluding carboxylic acids is 2. The number of carbonyl (C=O) groups is 2. The van der Waals surface area contributed by atoms with E-state index in [-0.39, 0.29) is 12.3 Å². The zero-order valence-electron chi connectivity index (χ0n) is 16.0. The summed E-state index contributed by atoms with van der Waals surface area (Å²) in [5.41, 5.74) is 4.35. The molecule has 1 amide bonds. The van der Waals surface area contributed by atoms with Crippen molar-refractivity contribution >= 4 is 33.9 Å². The molecule has 2 aromatic heterocycles. The van der Waals surface area contributed by atoms with Gasteiger partial charge >= 0.3 is 5.97 Å². The van der Waals surface area contributed by atoms with Crippen LogP contribution < -0.4 is 5.32 Å². The molecule has 6 nitrogen and oxygen atoms in total. The number of fused-ring (bicyclic) bond motifs is 1. The SMILES string of the molecule is COC(=O)c1cccc(C)c1NC(=O)Cc1csc2nc(-c3ccccc3)cn12. The third-order valence-corrected chi connectivity index (χ3v) is 5.53. The van der Waals surface area contributed by atoms with Crippen LogP contribution in [0.5, 0.6) is 0 Å². The number of ether oxygens (including phenoxy) is 1.